The van der Waals surface area contributed by atoms with E-state index < -0.39 is 0 Å². The molecule has 0 bridgehead atoms. The Morgan fingerprint density at radius 2 is 1.93 bits per heavy atom. The van der Waals surface area contributed by atoms with E-state index in [1.807, 2.05) is 38.4 Å². The van der Waals surface area contributed by atoms with Crippen molar-refractivity contribution in [2.75, 3.05) is 19.8 Å². The van der Waals surface area contributed by atoms with Gasteiger partial charge in [0.15, 0.2) is 17.5 Å². The number of nitrogens with zero attached hydrogens (tertiary/aromatic N) is 2. The molecule has 6 nitrogen and oxygen atoms in total. The van der Waals surface area contributed by atoms with Gasteiger partial charge in [0.05, 0.1) is 37.0 Å². The number of nitrogens with one attached hydrogen (secondary N) is 2. The smallest absolute Gasteiger partial charge is 0.192 e. The predicted octanol–water partition coefficient (Wildman–Crippen LogP) is 4.07. The Morgan fingerprint density at radius 1 is 1.19 bits per heavy atom. The van der Waals surface area contributed by atoms with Gasteiger partial charge in [0.1, 0.15) is 0 Å². The Labute approximate surface area is 166 Å². The Kier molecular flexibility index (Phi) is 8.39. The summed E-state index contributed by atoms with van der Waals surface area (Å²) in [5.74, 6) is 2.33. The zero-order valence-corrected chi connectivity index (χ0v) is 17.7. The summed E-state index contributed by atoms with van der Waals surface area (Å²) >= 11 is 1.63. The van der Waals surface area contributed by atoms with E-state index in [0.717, 1.165) is 35.3 Å². The maximum absolute atomic E-state index is 5.74. The van der Waals surface area contributed by atoms with Crippen molar-refractivity contribution in [3.8, 4) is 11.5 Å². The number of hydrogen-bond donors (Lipinski definition) is 2. The third kappa shape index (κ3) is 6.13. The second kappa shape index (κ2) is 10.8. The van der Waals surface area contributed by atoms with Gasteiger partial charge in [-0.1, -0.05) is 6.07 Å². The second-order valence-electron chi connectivity index (χ2n) is 5.99. The highest BCUT2D eigenvalue weighted by molar-refractivity contribution is 7.09. The van der Waals surface area contributed by atoms with Gasteiger partial charge < -0.3 is 20.1 Å². The van der Waals surface area contributed by atoms with Crippen molar-refractivity contribution >= 4 is 17.3 Å². The number of aromatic nitrogens is 1. The molecule has 2 rings (SSSR count). The summed E-state index contributed by atoms with van der Waals surface area (Å²) in [5, 5.41) is 6.77. The van der Waals surface area contributed by atoms with Crippen LogP contribution >= 0.6 is 11.3 Å². The number of ether oxygens (including phenoxy) is 2. The summed E-state index contributed by atoms with van der Waals surface area (Å²) in [6.07, 6.45) is 0. The summed E-state index contributed by atoms with van der Waals surface area (Å²) in [6.45, 7) is 12.8. The van der Waals surface area contributed by atoms with Crippen molar-refractivity contribution in [1.82, 2.24) is 15.6 Å². The lowest BCUT2D eigenvalue weighted by Gasteiger charge is -2.20. The van der Waals surface area contributed by atoms with Crippen LogP contribution < -0.4 is 20.1 Å². The van der Waals surface area contributed by atoms with Crippen molar-refractivity contribution < 1.29 is 9.47 Å². The molecule has 7 heteroatoms. The molecule has 0 saturated heterocycles. The van der Waals surface area contributed by atoms with Crippen LogP contribution in [0.25, 0.3) is 0 Å². The van der Waals surface area contributed by atoms with Crippen molar-refractivity contribution in [2.45, 2.75) is 47.2 Å². The molecule has 0 amide bonds. The lowest BCUT2D eigenvalue weighted by molar-refractivity contribution is 0.287. The quantitative estimate of drug-likeness (QED) is 0.499. The minimum Gasteiger partial charge on any atom is -0.490 e. The van der Waals surface area contributed by atoms with Gasteiger partial charge in [0.25, 0.3) is 0 Å². The highest BCUT2D eigenvalue weighted by atomic mass is 32.1. The highest BCUT2D eigenvalue weighted by Crippen LogP contribution is 2.30. The SMILES string of the molecule is CCNC(=NCc1scnc1C)NC(C)c1ccc(OCC)c(OCC)c1. The van der Waals surface area contributed by atoms with E-state index in [-0.39, 0.29) is 6.04 Å². The first-order valence-electron chi connectivity index (χ1n) is 9.42. The van der Waals surface area contributed by atoms with Crippen LogP contribution in [0.3, 0.4) is 0 Å². The minimum atomic E-state index is 0.0697. The van der Waals surface area contributed by atoms with Crippen LogP contribution in [0.2, 0.25) is 0 Å². The molecule has 27 heavy (non-hydrogen) atoms. The van der Waals surface area contributed by atoms with E-state index in [4.69, 9.17) is 14.5 Å². The van der Waals surface area contributed by atoms with Crippen LogP contribution in [0, 0.1) is 6.92 Å². The van der Waals surface area contributed by atoms with Crippen molar-refractivity contribution in [3.63, 3.8) is 0 Å². The average Bonchev–Trinajstić information content (AvgIpc) is 3.06. The van der Waals surface area contributed by atoms with Gasteiger partial charge in [-0.05, 0) is 52.3 Å². The van der Waals surface area contributed by atoms with Crippen LogP contribution in [0.4, 0.5) is 0 Å². The molecule has 0 aliphatic rings. The molecule has 0 spiro atoms. The fourth-order valence-electron chi connectivity index (χ4n) is 2.57. The monoisotopic (exact) mass is 390 g/mol. The molecule has 2 N–H and O–H groups in total. The molecule has 1 aromatic heterocycles. The van der Waals surface area contributed by atoms with Crippen LogP contribution in [-0.2, 0) is 6.54 Å². The first-order valence-corrected chi connectivity index (χ1v) is 10.3. The van der Waals surface area contributed by atoms with Crippen LogP contribution in [0.15, 0.2) is 28.7 Å². The lowest BCUT2D eigenvalue weighted by atomic mass is 10.1. The molecular weight excluding hydrogens is 360 g/mol. The number of thiazole rings is 1. The van der Waals surface area contributed by atoms with Crippen molar-refractivity contribution in [1.29, 1.82) is 0 Å². The average molecular weight is 391 g/mol. The van der Waals surface area contributed by atoms with Gasteiger partial charge in [-0.15, -0.1) is 11.3 Å². The molecule has 0 aliphatic carbocycles. The zero-order valence-electron chi connectivity index (χ0n) is 16.8. The van der Waals surface area contributed by atoms with E-state index in [1.54, 1.807) is 11.3 Å². The van der Waals surface area contributed by atoms with Crippen LogP contribution in [0.5, 0.6) is 11.5 Å². The molecule has 0 saturated carbocycles. The van der Waals surface area contributed by atoms with Gasteiger partial charge in [-0.3, -0.25) is 0 Å². The van der Waals surface area contributed by atoms with E-state index in [2.05, 4.69) is 35.5 Å². The van der Waals surface area contributed by atoms with Crippen LogP contribution in [0.1, 0.15) is 49.9 Å². The van der Waals surface area contributed by atoms with E-state index >= 15 is 0 Å². The van der Waals surface area contributed by atoms with Crippen LogP contribution in [-0.4, -0.2) is 30.7 Å². The van der Waals surface area contributed by atoms with Gasteiger partial charge in [-0.2, -0.15) is 0 Å². The summed E-state index contributed by atoms with van der Waals surface area (Å²) in [6, 6.07) is 6.12. The molecule has 0 aliphatic heterocycles. The zero-order chi connectivity index (χ0) is 19.6. The van der Waals surface area contributed by atoms with Gasteiger partial charge >= 0.3 is 0 Å². The summed E-state index contributed by atoms with van der Waals surface area (Å²) in [7, 11) is 0. The summed E-state index contributed by atoms with van der Waals surface area (Å²) in [5.41, 5.74) is 4.01. The third-order valence-electron chi connectivity index (χ3n) is 3.99. The standard InChI is InChI=1S/C20H30N4O2S/c1-6-21-20(22-12-19-15(5)23-13-27-19)24-14(4)16-9-10-17(25-7-2)18(11-16)26-8-3/h9-11,13-14H,6-8,12H2,1-5H3,(H2,21,22,24). The van der Waals surface area contributed by atoms with Gasteiger partial charge in [-0.25, -0.2) is 9.98 Å². The number of aliphatic imine (C=N–C) groups is 1. The Morgan fingerprint density at radius 3 is 2.56 bits per heavy atom. The summed E-state index contributed by atoms with van der Waals surface area (Å²) < 4.78 is 11.4. The second-order valence-corrected chi connectivity index (χ2v) is 6.93. The minimum absolute atomic E-state index is 0.0697. The number of benzene rings is 1. The maximum Gasteiger partial charge on any atom is 0.192 e. The fourth-order valence-corrected chi connectivity index (χ4v) is 3.27. The maximum atomic E-state index is 5.74. The number of aryl methyl sites for hydroxylation is 1. The van der Waals surface area contributed by atoms with Crippen molar-refractivity contribution in [3.05, 3.63) is 39.8 Å². The first-order chi connectivity index (χ1) is 13.1. The molecule has 1 aromatic carbocycles. The molecule has 0 fully saturated rings. The largest absolute Gasteiger partial charge is 0.490 e. The molecule has 0 radical (unpaired) electrons. The number of rotatable bonds is 9. The molecule has 148 valence electrons. The first kappa shape index (κ1) is 21.0. The molecule has 1 unspecified atom stereocenters. The fraction of sp³-hybridized carbons (Fsp3) is 0.500. The van der Waals surface area contributed by atoms with Gasteiger partial charge in [0.2, 0.25) is 0 Å². The predicted molar refractivity (Wildman–Crippen MR) is 112 cm³/mol. The normalized spacial score (nSPS) is 12.6. The molecule has 1 atom stereocenters. The number of guanidine groups is 1. The van der Waals surface area contributed by atoms with Gasteiger partial charge in [0, 0.05) is 11.4 Å². The van der Waals surface area contributed by atoms with Crippen molar-refractivity contribution in [2.24, 2.45) is 4.99 Å². The van der Waals surface area contributed by atoms with E-state index in [1.165, 1.54) is 4.88 Å². The topological polar surface area (TPSA) is 67.8 Å². The Hall–Kier alpha value is -2.28. The highest BCUT2D eigenvalue weighted by Gasteiger charge is 2.12. The third-order valence-corrected chi connectivity index (χ3v) is 4.91. The Balaban J connectivity index is 2.13. The Bertz CT molecular complexity index is 745. The summed E-state index contributed by atoms with van der Waals surface area (Å²) in [4.78, 5) is 10.2. The molecule has 2 aromatic rings. The lowest BCUT2D eigenvalue weighted by Crippen LogP contribution is -2.38. The molecule has 1 heterocycles. The number of hydrogen-bond acceptors (Lipinski definition) is 5. The molecular formula is C20H30N4O2S. The van der Waals surface area contributed by atoms with E-state index in [9.17, 15) is 0 Å². The van der Waals surface area contributed by atoms with E-state index in [0.29, 0.717) is 19.8 Å².